The molecule has 2 aromatic carbocycles. The number of hydrogen-bond donors (Lipinski definition) is 1. The molecule has 0 heterocycles. The van der Waals surface area contributed by atoms with Crippen LogP contribution in [0, 0.1) is 19.7 Å². The van der Waals surface area contributed by atoms with E-state index in [0.717, 1.165) is 16.7 Å². The molecule has 0 aliphatic heterocycles. The standard InChI is InChI=1S/C22H27FN2O3/c1-5-24-22(27)17(4)25(13-18-7-9-19(23)10-8-18)21(26)14-28-20-11-6-15(2)16(3)12-20/h6-12,17H,5,13-14H2,1-4H3,(H,24,27)/t17-/m1/s1. The van der Waals surface area contributed by atoms with Crippen LogP contribution in [-0.2, 0) is 16.1 Å². The Balaban J connectivity index is 2.13. The number of nitrogens with zero attached hydrogens (tertiary/aromatic N) is 1. The first-order chi connectivity index (χ1) is 13.3. The topological polar surface area (TPSA) is 58.6 Å². The van der Waals surface area contributed by atoms with Gasteiger partial charge in [0.05, 0.1) is 0 Å². The third-order valence-corrected chi connectivity index (χ3v) is 4.63. The fourth-order valence-electron chi connectivity index (χ4n) is 2.72. The van der Waals surface area contributed by atoms with Crippen molar-refractivity contribution in [2.24, 2.45) is 0 Å². The SMILES string of the molecule is CCNC(=O)[C@@H](C)N(Cc1ccc(F)cc1)C(=O)COc1ccc(C)c(C)c1. The average molecular weight is 386 g/mol. The minimum Gasteiger partial charge on any atom is -0.484 e. The zero-order valence-electron chi connectivity index (χ0n) is 16.8. The summed E-state index contributed by atoms with van der Waals surface area (Å²) < 4.78 is 18.8. The van der Waals surface area contributed by atoms with E-state index in [4.69, 9.17) is 4.74 Å². The third-order valence-electron chi connectivity index (χ3n) is 4.63. The zero-order chi connectivity index (χ0) is 20.7. The summed E-state index contributed by atoms with van der Waals surface area (Å²) in [5.41, 5.74) is 2.95. The number of likely N-dealkylation sites (N-methyl/N-ethyl adjacent to an activating group) is 1. The highest BCUT2D eigenvalue weighted by atomic mass is 19.1. The van der Waals surface area contributed by atoms with E-state index in [0.29, 0.717) is 12.3 Å². The van der Waals surface area contributed by atoms with E-state index in [1.54, 1.807) is 19.1 Å². The minimum atomic E-state index is -0.680. The first-order valence-corrected chi connectivity index (χ1v) is 9.33. The van der Waals surface area contributed by atoms with Gasteiger partial charge in [-0.15, -0.1) is 0 Å². The normalized spacial score (nSPS) is 11.6. The summed E-state index contributed by atoms with van der Waals surface area (Å²) in [5.74, 6) is -0.314. The summed E-state index contributed by atoms with van der Waals surface area (Å²) >= 11 is 0. The number of carbonyl (C=O) groups is 2. The van der Waals surface area contributed by atoms with Gasteiger partial charge in [0.15, 0.2) is 6.61 Å². The molecular formula is C22H27FN2O3. The summed E-state index contributed by atoms with van der Waals surface area (Å²) in [6.45, 7) is 7.94. The minimum absolute atomic E-state index is 0.187. The molecule has 28 heavy (non-hydrogen) atoms. The molecule has 0 aromatic heterocycles. The maximum absolute atomic E-state index is 13.2. The second-order valence-electron chi connectivity index (χ2n) is 6.75. The van der Waals surface area contributed by atoms with Gasteiger partial charge in [-0.3, -0.25) is 9.59 Å². The average Bonchev–Trinajstić information content (AvgIpc) is 2.68. The van der Waals surface area contributed by atoms with Crippen molar-refractivity contribution in [3.63, 3.8) is 0 Å². The van der Waals surface area contributed by atoms with Crippen molar-refractivity contribution in [2.75, 3.05) is 13.2 Å². The Hall–Kier alpha value is -2.89. The molecular weight excluding hydrogens is 359 g/mol. The molecule has 5 nitrogen and oxygen atoms in total. The van der Waals surface area contributed by atoms with Gasteiger partial charge in [-0.2, -0.15) is 0 Å². The molecule has 2 rings (SSSR count). The molecule has 150 valence electrons. The fraction of sp³-hybridized carbons (Fsp3) is 0.364. The first-order valence-electron chi connectivity index (χ1n) is 9.33. The van der Waals surface area contributed by atoms with Gasteiger partial charge in [-0.1, -0.05) is 18.2 Å². The highest BCUT2D eigenvalue weighted by Crippen LogP contribution is 2.17. The van der Waals surface area contributed by atoms with Crippen LogP contribution in [0.3, 0.4) is 0 Å². The monoisotopic (exact) mass is 386 g/mol. The molecule has 0 radical (unpaired) electrons. The molecule has 2 aromatic rings. The Morgan fingerprint density at radius 1 is 1.11 bits per heavy atom. The number of aryl methyl sites for hydroxylation is 2. The van der Waals surface area contributed by atoms with Gasteiger partial charge in [-0.05, 0) is 68.7 Å². The highest BCUT2D eigenvalue weighted by molar-refractivity contribution is 5.87. The predicted molar refractivity (Wildman–Crippen MR) is 107 cm³/mol. The maximum Gasteiger partial charge on any atom is 0.261 e. The lowest BCUT2D eigenvalue weighted by molar-refractivity contribution is -0.142. The number of hydrogen-bond acceptors (Lipinski definition) is 3. The summed E-state index contributed by atoms with van der Waals surface area (Å²) in [5, 5.41) is 2.73. The van der Waals surface area contributed by atoms with Crippen LogP contribution >= 0.6 is 0 Å². The first kappa shape index (κ1) is 21.4. The van der Waals surface area contributed by atoms with Crippen LogP contribution in [-0.4, -0.2) is 35.9 Å². The van der Waals surface area contributed by atoms with Crippen LogP contribution in [0.2, 0.25) is 0 Å². The quantitative estimate of drug-likeness (QED) is 0.757. The molecule has 0 aliphatic carbocycles. The maximum atomic E-state index is 13.2. The van der Waals surface area contributed by atoms with Crippen molar-refractivity contribution in [3.05, 3.63) is 65.0 Å². The Morgan fingerprint density at radius 3 is 2.39 bits per heavy atom. The van der Waals surface area contributed by atoms with Gasteiger partial charge < -0.3 is 15.0 Å². The number of halogens is 1. The van der Waals surface area contributed by atoms with E-state index < -0.39 is 6.04 Å². The van der Waals surface area contributed by atoms with E-state index in [-0.39, 0.29) is 30.8 Å². The number of carbonyl (C=O) groups excluding carboxylic acids is 2. The van der Waals surface area contributed by atoms with Crippen molar-refractivity contribution in [2.45, 2.75) is 40.3 Å². The molecule has 0 fully saturated rings. The molecule has 1 atom stereocenters. The Morgan fingerprint density at radius 2 is 1.79 bits per heavy atom. The lowest BCUT2D eigenvalue weighted by atomic mass is 10.1. The summed E-state index contributed by atoms with van der Waals surface area (Å²) in [6.07, 6.45) is 0. The van der Waals surface area contributed by atoms with Gasteiger partial charge in [0.2, 0.25) is 5.91 Å². The van der Waals surface area contributed by atoms with Crippen LogP contribution < -0.4 is 10.1 Å². The number of amides is 2. The van der Waals surface area contributed by atoms with E-state index in [2.05, 4.69) is 5.32 Å². The lowest BCUT2D eigenvalue weighted by Crippen LogP contribution is -2.49. The van der Waals surface area contributed by atoms with E-state index >= 15 is 0 Å². The van der Waals surface area contributed by atoms with Crippen molar-refractivity contribution >= 4 is 11.8 Å². The van der Waals surface area contributed by atoms with Gasteiger partial charge >= 0.3 is 0 Å². The van der Waals surface area contributed by atoms with Crippen LogP contribution in [0.25, 0.3) is 0 Å². The second-order valence-corrected chi connectivity index (χ2v) is 6.75. The summed E-state index contributed by atoms with van der Waals surface area (Å²) in [6, 6.07) is 10.8. The van der Waals surface area contributed by atoms with Crippen molar-refractivity contribution in [1.29, 1.82) is 0 Å². The fourth-order valence-corrected chi connectivity index (χ4v) is 2.72. The largest absolute Gasteiger partial charge is 0.484 e. The van der Waals surface area contributed by atoms with Crippen molar-refractivity contribution < 1.29 is 18.7 Å². The molecule has 0 spiro atoms. The number of benzene rings is 2. The number of nitrogens with one attached hydrogen (secondary N) is 1. The Bertz CT molecular complexity index is 821. The van der Waals surface area contributed by atoms with Crippen LogP contribution in [0.5, 0.6) is 5.75 Å². The van der Waals surface area contributed by atoms with Crippen molar-refractivity contribution in [3.8, 4) is 5.75 Å². The van der Waals surface area contributed by atoms with Crippen LogP contribution in [0.1, 0.15) is 30.5 Å². The van der Waals surface area contributed by atoms with Gasteiger partial charge in [0, 0.05) is 13.1 Å². The molecule has 6 heteroatoms. The van der Waals surface area contributed by atoms with E-state index in [1.807, 2.05) is 39.0 Å². The summed E-state index contributed by atoms with van der Waals surface area (Å²) in [4.78, 5) is 26.6. The predicted octanol–water partition coefficient (Wildman–Crippen LogP) is 3.37. The summed E-state index contributed by atoms with van der Waals surface area (Å²) in [7, 11) is 0. The van der Waals surface area contributed by atoms with Gasteiger partial charge in [-0.25, -0.2) is 4.39 Å². The molecule has 0 bridgehead atoms. The van der Waals surface area contributed by atoms with E-state index in [1.165, 1.54) is 17.0 Å². The number of ether oxygens (including phenoxy) is 1. The Kier molecular flexibility index (Phi) is 7.55. The highest BCUT2D eigenvalue weighted by Gasteiger charge is 2.26. The zero-order valence-corrected chi connectivity index (χ0v) is 16.8. The van der Waals surface area contributed by atoms with Gasteiger partial charge in [0.25, 0.3) is 5.91 Å². The number of rotatable bonds is 8. The molecule has 1 N–H and O–H groups in total. The van der Waals surface area contributed by atoms with Gasteiger partial charge in [0.1, 0.15) is 17.6 Å². The van der Waals surface area contributed by atoms with Crippen molar-refractivity contribution in [1.82, 2.24) is 10.2 Å². The molecule has 2 amide bonds. The van der Waals surface area contributed by atoms with Crippen LogP contribution in [0.4, 0.5) is 4.39 Å². The smallest absolute Gasteiger partial charge is 0.261 e. The molecule has 0 saturated carbocycles. The Labute approximate surface area is 165 Å². The third kappa shape index (κ3) is 5.81. The second kappa shape index (κ2) is 9.88. The van der Waals surface area contributed by atoms with Crippen LogP contribution in [0.15, 0.2) is 42.5 Å². The molecule has 0 saturated heterocycles. The molecule has 0 unspecified atom stereocenters. The molecule has 0 aliphatic rings. The lowest BCUT2D eigenvalue weighted by Gasteiger charge is -2.28. The van der Waals surface area contributed by atoms with E-state index in [9.17, 15) is 14.0 Å².